The van der Waals surface area contributed by atoms with Crippen LogP contribution in [0.15, 0.2) is 17.1 Å². The van der Waals surface area contributed by atoms with Crippen molar-refractivity contribution in [1.29, 1.82) is 0 Å². The number of aromatic carboxylic acids is 1. The highest BCUT2D eigenvalue weighted by Crippen LogP contribution is 2.43. The number of aryl methyl sites for hydroxylation is 1. The van der Waals surface area contributed by atoms with E-state index in [-0.39, 0.29) is 23.8 Å². The molecule has 1 aromatic carbocycles. The molecule has 4 atom stereocenters. The molecule has 1 saturated heterocycles. The molecule has 150 valence electrons. The molecule has 0 radical (unpaired) electrons. The second-order valence-corrected chi connectivity index (χ2v) is 7.99. The molecule has 0 spiro atoms. The molecule has 28 heavy (non-hydrogen) atoms. The summed E-state index contributed by atoms with van der Waals surface area (Å²) in [6.45, 7) is 4.87. The van der Waals surface area contributed by atoms with Crippen LogP contribution in [0.2, 0.25) is 0 Å². The Morgan fingerprint density at radius 2 is 2.11 bits per heavy atom. The normalized spacial score (nSPS) is 25.3. The van der Waals surface area contributed by atoms with Gasteiger partial charge in [0.2, 0.25) is 5.43 Å². The van der Waals surface area contributed by atoms with Crippen molar-refractivity contribution in [2.75, 3.05) is 18.0 Å². The average molecular weight is 391 g/mol. The Labute approximate surface area is 160 Å². The number of aromatic nitrogens is 1. The van der Waals surface area contributed by atoms with Crippen LogP contribution < -0.4 is 16.1 Å². The lowest BCUT2D eigenvalue weighted by Gasteiger charge is -2.25. The number of alkyl halides is 1. The number of fused-ring (bicyclic) bond motifs is 1. The first-order chi connectivity index (χ1) is 13.2. The summed E-state index contributed by atoms with van der Waals surface area (Å²) in [7, 11) is 0. The molecule has 1 aliphatic carbocycles. The minimum absolute atomic E-state index is 0.0103. The van der Waals surface area contributed by atoms with Gasteiger partial charge in [0.25, 0.3) is 0 Å². The van der Waals surface area contributed by atoms with Crippen LogP contribution in [0, 0.1) is 18.7 Å². The maximum Gasteiger partial charge on any atom is 0.341 e. The molecular formula is C20H23F2N3O3. The molecule has 2 heterocycles. The largest absolute Gasteiger partial charge is 0.477 e. The van der Waals surface area contributed by atoms with E-state index < -0.39 is 35.0 Å². The van der Waals surface area contributed by atoms with Crippen molar-refractivity contribution < 1.29 is 18.7 Å². The van der Waals surface area contributed by atoms with E-state index in [2.05, 4.69) is 0 Å². The zero-order chi connectivity index (χ0) is 20.3. The third-order valence-electron chi connectivity index (χ3n) is 6.03. The summed E-state index contributed by atoms with van der Waals surface area (Å²) in [6, 6.07) is 0.551. The zero-order valence-electron chi connectivity index (χ0n) is 15.8. The fourth-order valence-corrected chi connectivity index (χ4v) is 4.33. The summed E-state index contributed by atoms with van der Waals surface area (Å²) in [5.74, 6) is -1.74. The third kappa shape index (κ3) is 2.87. The van der Waals surface area contributed by atoms with Crippen LogP contribution in [0.5, 0.6) is 0 Å². The number of rotatable bonds is 4. The Morgan fingerprint density at radius 1 is 1.43 bits per heavy atom. The SMILES string of the molecule is Cc1c(N2CC[C@@H]([C@H](C)N)C2)c(F)cc2c(=O)c(C(=O)O)cn(C3CC3F)c12. The van der Waals surface area contributed by atoms with Gasteiger partial charge in [-0.3, -0.25) is 4.79 Å². The molecule has 4 rings (SSSR count). The minimum atomic E-state index is -1.40. The van der Waals surface area contributed by atoms with Crippen LogP contribution in [0.25, 0.3) is 10.9 Å². The molecule has 6 nitrogen and oxygen atoms in total. The Hall–Kier alpha value is -2.48. The van der Waals surface area contributed by atoms with Crippen LogP contribution in [0.1, 0.15) is 41.7 Å². The van der Waals surface area contributed by atoms with Gasteiger partial charge in [-0.15, -0.1) is 0 Å². The van der Waals surface area contributed by atoms with Crippen molar-refractivity contribution in [2.24, 2.45) is 11.7 Å². The van der Waals surface area contributed by atoms with E-state index in [4.69, 9.17) is 5.73 Å². The fraction of sp³-hybridized carbons (Fsp3) is 0.500. The van der Waals surface area contributed by atoms with Crippen LogP contribution in [-0.2, 0) is 0 Å². The second-order valence-electron chi connectivity index (χ2n) is 7.99. The second kappa shape index (κ2) is 6.55. The first kappa shape index (κ1) is 18.9. The lowest BCUT2D eigenvalue weighted by molar-refractivity contribution is 0.0694. The summed E-state index contributed by atoms with van der Waals surface area (Å²) in [5.41, 5.74) is 6.07. The van der Waals surface area contributed by atoms with E-state index in [0.717, 1.165) is 12.5 Å². The molecule has 8 heteroatoms. The Bertz CT molecular complexity index is 1030. The molecule has 2 fully saturated rings. The molecule has 1 saturated carbocycles. The highest BCUT2D eigenvalue weighted by Gasteiger charge is 2.41. The Balaban J connectivity index is 1.94. The van der Waals surface area contributed by atoms with Crippen LogP contribution in [0.3, 0.4) is 0 Å². The molecule has 1 aliphatic heterocycles. The fourth-order valence-electron chi connectivity index (χ4n) is 4.33. The molecule has 1 aromatic heterocycles. The standard InChI is InChI=1S/C20H23F2N3O3/c1-9-17-12(5-15(22)18(9)24-4-3-11(7-24)10(2)23)19(26)13(20(27)28)8-25(17)16-6-14(16)21/h5,8,10-11,14,16H,3-4,6-7,23H2,1-2H3,(H,27,28)/t10-,11+,14?,16?/m0/s1. The lowest BCUT2D eigenvalue weighted by atomic mass is 10.0. The number of hydrogen-bond donors (Lipinski definition) is 2. The van der Waals surface area contributed by atoms with E-state index in [1.165, 1.54) is 10.8 Å². The highest BCUT2D eigenvalue weighted by molar-refractivity contribution is 5.95. The van der Waals surface area contributed by atoms with Crippen molar-refractivity contribution in [3.63, 3.8) is 0 Å². The average Bonchev–Trinajstić information content (AvgIpc) is 3.14. The van der Waals surface area contributed by atoms with Gasteiger partial charge in [-0.2, -0.15) is 0 Å². The van der Waals surface area contributed by atoms with Gasteiger partial charge in [0.05, 0.1) is 17.2 Å². The number of benzene rings is 1. The number of carboxylic acid groups (broad SMARTS) is 1. The Morgan fingerprint density at radius 3 is 2.64 bits per heavy atom. The summed E-state index contributed by atoms with van der Waals surface area (Å²) < 4.78 is 30.4. The van der Waals surface area contributed by atoms with E-state index >= 15 is 4.39 Å². The summed E-state index contributed by atoms with van der Waals surface area (Å²) in [5, 5.41) is 9.32. The number of halogens is 2. The number of nitrogens with zero attached hydrogens (tertiary/aromatic N) is 2. The minimum Gasteiger partial charge on any atom is -0.477 e. The maximum atomic E-state index is 15.1. The number of hydrogen-bond acceptors (Lipinski definition) is 4. The predicted octanol–water partition coefficient (Wildman–Crippen LogP) is 2.60. The summed E-state index contributed by atoms with van der Waals surface area (Å²) in [6.07, 6.45) is 1.18. The number of pyridine rings is 1. The van der Waals surface area contributed by atoms with Gasteiger partial charge in [0.15, 0.2) is 0 Å². The predicted molar refractivity (Wildman–Crippen MR) is 102 cm³/mol. The first-order valence-corrected chi connectivity index (χ1v) is 9.46. The first-order valence-electron chi connectivity index (χ1n) is 9.46. The molecule has 0 bridgehead atoms. The number of carboxylic acids is 1. The summed E-state index contributed by atoms with van der Waals surface area (Å²) >= 11 is 0. The van der Waals surface area contributed by atoms with Crippen LogP contribution in [0.4, 0.5) is 14.5 Å². The van der Waals surface area contributed by atoms with Crippen molar-refractivity contribution in [1.82, 2.24) is 4.57 Å². The molecule has 3 N–H and O–H groups in total. The van der Waals surface area contributed by atoms with E-state index in [1.807, 2.05) is 11.8 Å². The quantitative estimate of drug-likeness (QED) is 0.836. The molecule has 0 amide bonds. The number of carbonyl (C=O) groups is 1. The van der Waals surface area contributed by atoms with Crippen molar-refractivity contribution in [2.45, 2.75) is 44.9 Å². The number of anilines is 1. The van der Waals surface area contributed by atoms with Gasteiger partial charge in [-0.1, -0.05) is 0 Å². The van der Waals surface area contributed by atoms with Crippen molar-refractivity contribution in [3.05, 3.63) is 39.4 Å². The van der Waals surface area contributed by atoms with Gasteiger partial charge in [-0.05, 0) is 37.8 Å². The van der Waals surface area contributed by atoms with E-state index in [0.29, 0.717) is 29.9 Å². The van der Waals surface area contributed by atoms with Gasteiger partial charge >= 0.3 is 5.97 Å². The van der Waals surface area contributed by atoms with Gasteiger partial charge in [0, 0.05) is 37.1 Å². The lowest BCUT2D eigenvalue weighted by Crippen LogP contribution is -2.30. The maximum absolute atomic E-state index is 15.1. The van der Waals surface area contributed by atoms with Gasteiger partial charge in [0.1, 0.15) is 17.6 Å². The highest BCUT2D eigenvalue weighted by atomic mass is 19.1. The van der Waals surface area contributed by atoms with Gasteiger partial charge < -0.3 is 20.3 Å². The van der Waals surface area contributed by atoms with Crippen molar-refractivity contribution >= 4 is 22.6 Å². The molecule has 2 aliphatic rings. The molecular weight excluding hydrogens is 368 g/mol. The topological polar surface area (TPSA) is 88.6 Å². The molecule has 2 aromatic rings. The third-order valence-corrected chi connectivity index (χ3v) is 6.03. The van der Waals surface area contributed by atoms with Gasteiger partial charge in [-0.25, -0.2) is 13.6 Å². The zero-order valence-corrected chi connectivity index (χ0v) is 15.8. The van der Waals surface area contributed by atoms with Crippen LogP contribution >= 0.6 is 0 Å². The summed E-state index contributed by atoms with van der Waals surface area (Å²) in [4.78, 5) is 26.0. The van der Waals surface area contributed by atoms with Crippen molar-refractivity contribution in [3.8, 4) is 0 Å². The Kier molecular flexibility index (Phi) is 4.41. The van der Waals surface area contributed by atoms with Crippen LogP contribution in [-0.4, -0.2) is 40.9 Å². The van der Waals surface area contributed by atoms with E-state index in [1.54, 1.807) is 6.92 Å². The molecule has 2 unspecified atom stereocenters. The monoisotopic (exact) mass is 391 g/mol. The smallest absolute Gasteiger partial charge is 0.341 e. The van der Waals surface area contributed by atoms with E-state index in [9.17, 15) is 19.1 Å². The number of nitrogens with two attached hydrogens (primary N) is 1.